The quantitative estimate of drug-likeness (QED) is 0.510. The summed E-state index contributed by atoms with van der Waals surface area (Å²) in [4.78, 5) is 9.70. The van der Waals surface area contributed by atoms with Crippen LogP contribution in [0.15, 0.2) is 29.4 Å². The van der Waals surface area contributed by atoms with Crippen LogP contribution in [-0.4, -0.2) is 11.8 Å². The van der Waals surface area contributed by atoms with Gasteiger partial charge in [0.25, 0.3) is 0 Å². The Kier molecular flexibility index (Phi) is 2.43. The van der Waals surface area contributed by atoms with Crippen molar-refractivity contribution >= 4 is 5.69 Å². The lowest BCUT2D eigenvalue weighted by molar-refractivity contribution is 0.477. The van der Waals surface area contributed by atoms with Gasteiger partial charge in [-0.25, -0.2) is 0 Å². The van der Waals surface area contributed by atoms with E-state index >= 15 is 0 Å². The van der Waals surface area contributed by atoms with Gasteiger partial charge in [-0.15, -0.1) is 4.91 Å². The van der Waals surface area contributed by atoms with E-state index in [1.807, 2.05) is 0 Å². The molecular weight excluding hydrogens is 144 g/mol. The number of nitrogens with one attached hydrogen (secondary N) is 1. The Morgan fingerprint density at radius 1 is 1.45 bits per heavy atom. The van der Waals surface area contributed by atoms with Gasteiger partial charge in [-0.3, -0.25) is 0 Å². The molecule has 1 rings (SSSR count). The lowest BCUT2D eigenvalue weighted by Crippen LogP contribution is -1.96. The first-order chi connectivity index (χ1) is 5.34. The van der Waals surface area contributed by atoms with E-state index in [2.05, 4.69) is 10.5 Å². The van der Waals surface area contributed by atoms with Crippen molar-refractivity contribution in [2.75, 3.05) is 12.0 Å². The summed E-state index contributed by atoms with van der Waals surface area (Å²) in [7, 11) is 0. The molecule has 0 amide bonds. The van der Waals surface area contributed by atoms with Gasteiger partial charge in [-0.1, -0.05) is 12.1 Å². The molecule has 0 saturated heterocycles. The second-order valence-corrected chi connectivity index (χ2v) is 1.98. The summed E-state index contributed by atoms with van der Waals surface area (Å²) >= 11 is 0. The summed E-state index contributed by atoms with van der Waals surface area (Å²) < 4.78 is 0. The Labute approximate surface area is 63.8 Å². The molecule has 0 heterocycles. The fourth-order valence-corrected chi connectivity index (χ4v) is 0.741. The average Bonchev–Trinajstić information content (AvgIpc) is 2.03. The molecule has 0 unspecified atom stereocenters. The number of nitroso groups, excluding NO2 is 1. The number of phenols is 1. The fraction of sp³-hybridized carbons (Fsp3) is 0.143. The Balaban J connectivity index is 2.69. The smallest absolute Gasteiger partial charge is 0.150 e. The number of nitrogens with zero attached hydrogens (tertiary/aromatic N) is 1. The number of hydrogen-bond acceptors (Lipinski definition) is 4. The topological polar surface area (TPSA) is 61.7 Å². The van der Waals surface area contributed by atoms with Crippen LogP contribution in [0.4, 0.5) is 5.69 Å². The summed E-state index contributed by atoms with van der Waals surface area (Å²) in [5.74, 6) is 0.121. The number of aromatic hydroxyl groups is 1. The highest BCUT2D eigenvalue weighted by Gasteiger charge is 1.95. The van der Waals surface area contributed by atoms with Crippen LogP contribution in [0, 0.1) is 4.91 Å². The van der Waals surface area contributed by atoms with Crippen LogP contribution in [0.25, 0.3) is 0 Å². The summed E-state index contributed by atoms with van der Waals surface area (Å²) in [6.45, 7) is -0.0302. The number of benzene rings is 1. The molecule has 0 saturated carbocycles. The third-order valence-corrected chi connectivity index (χ3v) is 1.24. The van der Waals surface area contributed by atoms with Crippen LogP contribution < -0.4 is 5.32 Å². The minimum absolute atomic E-state index is 0.0302. The lowest BCUT2D eigenvalue weighted by atomic mass is 10.3. The van der Waals surface area contributed by atoms with Crippen LogP contribution in [0.5, 0.6) is 5.75 Å². The van der Waals surface area contributed by atoms with Gasteiger partial charge in [0.2, 0.25) is 0 Å². The van der Waals surface area contributed by atoms with Crippen molar-refractivity contribution in [3.05, 3.63) is 29.2 Å². The van der Waals surface area contributed by atoms with Gasteiger partial charge in [0.15, 0.2) is 6.67 Å². The number of hydrogen-bond donors (Lipinski definition) is 2. The van der Waals surface area contributed by atoms with Gasteiger partial charge >= 0.3 is 0 Å². The molecule has 0 aliphatic carbocycles. The van der Waals surface area contributed by atoms with Gasteiger partial charge < -0.3 is 10.4 Å². The highest BCUT2D eigenvalue weighted by Crippen LogP contribution is 2.20. The molecule has 2 N–H and O–H groups in total. The molecule has 4 heteroatoms. The van der Waals surface area contributed by atoms with Crippen molar-refractivity contribution in [1.82, 2.24) is 0 Å². The third-order valence-electron chi connectivity index (χ3n) is 1.24. The second kappa shape index (κ2) is 3.55. The van der Waals surface area contributed by atoms with Gasteiger partial charge in [0.1, 0.15) is 5.75 Å². The van der Waals surface area contributed by atoms with Gasteiger partial charge in [0, 0.05) is 0 Å². The fourth-order valence-electron chi connectivity index (χ4n) is 0.741. The summed E-state index contributed by atoms with van der Waals surface area (Å²) in [5.41, 5.74) is 0.520. The molecule has 0 radical (unpaired) electrons. The average molecular weight is 152 g/mol. The monoisotopic (exact) mass is 152 g/mol. The first-order valence-corrected chi connectivity index (χ1v) is 3.15. The van der Waals surface area contributed by atoms with Gasteiger partial charge in [0.05, 0.1) is 5.69 Å². The molecule has 1 aromatic rings. The largest absolute Gasteiger partial charge is 0.506 e. The van der Waals surface area contributed by atoms with Crippen molar-refractivity contribution in [2.45, 2.75) is 0 Å². The zero-order valence-electron chi connectivity index (χ0n) is 5.82. The first-order valence-electron chi connectivity index (χ1n) is 3.15. The van der Waals surface area contributed by atoms with Crippen LogP contribution in [0.2, 0.25) is 0 Å². The molecule has 0 aromatic heterocycles. The summed E-state index contributed by atoms with van der Waals surface area (Å²) in [6.07, 6.45) is 0. The Morgan fingerprint density at radius 3 is 2.82 bits per heavy atom. The second-order valence-electron chi connectivity index (χ2n) is 1.98. The van der Waals surface area contributed by atoms with E-state index in [1.54, 1.807) is 18.2 Å². The van der Waals surface area contributed by atoms with E-state index in [9.17, 15) is 4.91 Å². The van der Waals surface area contributed by atoms with Crippen LogP contribution in [0.3, 0.4) is 0 Å². The Morgan fingerprint density at radius 2 is 2.18 bits per heavy atom. The van der Waals surface area contributed by atoms with E-state index < -0.39 is 0 Å². The van der Waals surface area contributed by atoms with E-state index in [4.69, 9.17) is 5.11 Å². The number of para-hydroxylation sites is 2. The molecular formula is C7H8N2O2. The van der Waals surface area contributed by atoms with Crippen molar-refractivity contribution in [1.29, 1.82) is 0 Å². The van der Waals surface area contributed by atoms with Crippen molar-refractivity contribution in [3.8, 4) is 5.75 Å². The van der Waals surface area contributed by atoms with Crippen molar-refractivity contribution < 1.29 is 5.11 Å². The molecule has 58 valence electrons. The van der Waals surface area contributed by atoms with Crippen LogP contribution in [-0.2, 0) is 0 Å². The number of rotatable bonds is 3. The standard InChI is InChI=1S/C7H8N2O2/c10-7-4-2-1-3-6(7)8-5-9-11/h1-4,8,10H,5H2. The predicted molar refractivity (Wildman–Crippen MR) is 42.4 cm³/mol. The van der Waals surface area contributed by atoms with Gasteiger partial charge in [-0.2, -0.15) is 0 Å². The maximum Gasteiger partial charge on any atom is 0.150 e. The molecule has 0 aliphatic heterocycles. The summed E-state index contributed by atoms with van der Waals surface area (Å²) in [5, 5.41) is 14.4. The molecule has 1 aromatic carbocycles. The maximum atomic E-state index is 9.70. The van der Waals surface area contributed by atoms with E-state index in [-0.39, 0.29) is 12.4 Å². The van der Waals surface area contributed by atoms with E-state index in [0.717, 1.165) is 0 Å². The molecule has 0 atom stereocenters. The Hall–Kier alpha value is -1.58. The molecule has 0 bridgehead atoms. The molecule has 0 fully saturated rings. The van der Waals surface area contributed by atoms with Crippen LogP contribution in [0.1, 0.15) is 0 Å². The number of anilines is 1. The van der Waals surface area contributed by atoms with E-state index in [0.29, 0.717) is 5.69 Å². The zero-order valence-corrected chi connectivity index (χ0v) is 5.82. The highest BCUT2D eigenvalue weighted by molar-refractivity contribution is 5.54. The molecule has 0 spiro atoms. The minimum atomic E-state index is -0.0302. The maximum absolute atomic E-state index is 9.70. The predicted octanol–water partition coefficient (Wildman–Crippen LogP) is 1.53. The van der Waals surface area contributed by atoms with E-state index in [1.165, 1.54) is 6.07 Å². The summed E-state index contributed by atoms with van der Waals surface area (Å²) in [6, 6.07) is 6.66. The SMILES string of the molecule is O=NCNc1ccccc1O. The third kappa shape index (κ3) is 1.93. The normalized spacial score (nSPS) is 9.09. The molecule has 0 aliphatic rings. The minimum Gasteiger partial charge on any atom is -0.506 e. The first kappa shape index (κ1) is 7.53. The molecule has 11 heavy (non-hydrogen) atoms. The zero-order chi connectivity index (χ0) is 8.10. The van der Waals surface area contributed by atoms with Gasteiger partial charge in [-0.05, 0) is 17.3 Å². The number of phenolic OH excluding ortho intramolecular Hbond substituents is 1. The lowest BCUT2D eigenvalue weighted by Gasteiger charge is -2.02. The Bertz CT molecular complexity index is 250. The van der Waals surface area contributed by atoms with Crippen LogP contribution >= 0.6 is 0 Å². The van der Waals surface area contributed by atoms with Crippen molar-refractivity contribution in [2.24, 2.45) is 5.18 Å². The van der Waals surface area contributed by atoms with Crippen molar-refractivity contribution in [3.63, 3.8) is 0 Å². The highest BCUT2D eigenvalue weighted by atomic mass is 16.3. The molecule has 4 nitrogen and oxygen atoms in total.